The predicted molar refractivity (Wildman–Crippen MR) is 88.6 cm³/mol. The van der Waals surface area contributed by atoms with Crippen LogP contribution in [0.5, 0.6) is 0 Å². The van der Waals surface area contributed by atoms with Crippen molar-refractivity contribution in [3.63, 3.8) is 0 Å². The van der Waals surface area contributed by atoms with Crippen LogP contribution in [0.2, 0.25) is 0 Å². The van der Waals surface area contributed by atoms with Crippen LogP contribution in [0.15, 0.2) is 0 Å². The lowest BCUT2D eigenvalue weighted by molar-refractivity contribution is -0.163. The Morgan fingerprint density at radius 1 is 1.00 bits per heavy atom. The van der Waals surface area contributed by atoms with Crippen LogP contribution in [0.25, 0.3) is 0 Å². The summed E-state index contributed by atoms with van der Waals surface area (Å²) in [5, 5.41) is 0. The third kappa shape index (κ3) is 202. The smallest absolute Gasteiger partial charge is 0.305 e. The Kier molecular flexibility index (Phi) is 26.3. The minimum Gasteiger partial charge on any atom is -0.428 e. The minimum absolute atomic E-state index is 0.287. The number of hydrogen-bond donors (Lipinski definition) is 0. The highest BCUT2D eigenvalue weighted by Crippen LogP contribution is 1.79. The Labute approximate surface area is 134 Å². The summed E-state index contributed by atoms with van der Waals surface area (Å²) in [6, 6.07) is 0. The molecule has 0 aliphatic rings. The molecule has 130 valence electrons. The van der Waals surface area contributed by atoms with Crippen LogP contribution in [-0.2, 0) is 39.7 Å². The largest absolute Gasteiger partial charge is 0.428 e. The van der Waals surface area contributed by atoms with Gasteiger partial charge in [-0.05, 0) is 12.5 Å². The first-order valence-corrected chi connectivity index (χ1v) is 11.2. The van der Waals surface area contributed by atoms with Gasteiger partial charge in [0.1, 0.15) is 9.84 Å². The maximum atomic E-state index is 10.0. The van der Waals surface area contributed by atoms with E-state index in [1.165, 1.54) is 13.8 Å². The van der Waals surface area contributed by atoms with E-state index in [1.54, 1.807) is 24.3 Å². The molecule has 0 atom stereocenters. The number of rotatable bonds is 2. The number of carbonyl (C=O) groups is 2. The Morgan fingerprint density at radius 2 is 1.14 bits per heavy atom. The van der Waals surface area contributed by atoms with Crippen LogP contribution >= 0.6 is 11.8 Å². The predicted octanol–water partition coefficient (Wildman–Crippen LogP) is 0.705. The van der Waals surface area contributed by atoms with Crippen molar-refractivity contribution >= 4 is 44.3 Å². The van der Waals surface area contributed by atoms with Gasteiger partial charge in [0.15, 0.2) is 0 Å². The third-order valence-corrected chi connectivity index (χ3v) is 0.524. The highest BCUT2D eigenvalue weighted by Gasteiger charge is 1.93. The summed E-state index contributed by atoms with van der Waals surface area (Å²) >= 11 is 1.75. The minimum atomic E-state index is -2.67. The molecule has 0 amide bonds. The molecule has 0 saturated carbocycles. The van der Waals surface area contributed by atoms with Crippen LogP contribution < -0.4 is 0 Å². The Balaban J connectivity index is -0.000000102. The van der Waals surface area contributed by atoms with Gasteiger partial charge >= 0.3 is 11.9 Å². The molecule has 0 N–H and O–H groups in total. The van der Waals surface area contributed by atoms with Crippen molar-refractivity contribution in [2.45, 2.75) is 13.8 Å². The fourth-order valence-corrected chi connectivity index (χ4v) is 0.195. The monoisotopic (exact) mass is 366 g/mol. The standard InChI is InChI=1S/C5H8O4.C2H6O2S.C2H6OS.C2H6S/c1-4(6)8-3-9-5(2)7;1-5(2,3)4;1-4(2)3;1-3-2/h3H2,1-2H3;1-2H3;1-2H3;1-2H3. The molecule has 0 radical (unpaired) electrons. The van der Waals surface area contributed by atoms with E-state index in [0.717, 1.165) is 12.5 Å². The first kappa shape index (κ1) is 28.5. The average Bonchev–Trinajstić information content (AvgIpc) is 2.13. The first-order chi connectivity index (χ1) is 9.27. The first-order valence-electron chi connectivity index (χ1n) is 5.34. The molecule has 0 aromatic rings. The lowest BCUT2D eigenvalue weighted by Gasteiger charge is -1.99. The molecule has 21 heavy (non-hydrogen) atoms. The molecule has 0 saturated heterocycles. The molecule has 0 aliphatic carbocycles. The number of ether oxygens (including phenoxy) is 2. The molecule has 0 unspecified atom stereocenters. The molecular formula is C11H26O7S3. The van der Waals surface area contributed by atoms with Crippen LogP contribution in [0.4, 0.5) is 0 Å². The second-order valence-electron chi connectivity index (χ2n) is 3.68. The van der Waals surface area contributed by atoms with Gasteiger partial charge < -0.3 is 9.47 Å². The van der Waals surface area contributed by atoms with Gasteiger partial charge in [0.05, 0.1) is 0 Å². The maximum absolute atomic E-state index is 10.0. The van der Waals surface area contributed by atoms with Gasteiger partial charge in [0.25, 0.3) is 0 Å². The molecule has 0 rings (SSSR count). The molecule has 0 bridgehead atoms. The van der Waals surface area contributed by atoms with Gasteiger partial charge in [-0.3, -0.25) is 13.8 Å². The highest BCUT2D eigenvalue weighted by atomic mass is 32.2. The van der Waals surface area contributed by atoms with Gasteiger partial charge in [0.2, 0.25) is 6.79 Å². The van der Waals surface area contributed by atoms with E-state index in [4.69, 9.17) is 0 Å². The summed E-state index contributed by atoms with van der Waals surface area (Å²) in [5.74, 6) is -0.924. The van der Waals surface area contributed by atoms with E-state index in [-0.39, 0.29) is 6.79 Å². The molecular weight excluding hydrogens is 340 g/mol. The van der Waals surface area contributed by atoms with Crippen molar-refractivity contribution in [1.82, 2.24) is 0 Å². The van der Waals surface area contributed by atoms with Crippen molar-refractivity contribution < 1.29 is 31.7 Å². The molecule has 0 fully saturated rings. The SMILES string of the molecule is CC(=O)OCOC(C)=O.CS(C)(=O)=O.CS(C)=O.CSC. The number of carbonyl (C=O) groups excluding carboxylic acids is 2. The molecule has 7 nitrogen and oxygen atoms in total. The third-order valence-electron chi connectivity index (χ3n) is 0.524. The summed E-state index contributed by atoms with van der Waals surface area (Å²) in [6.45, 7) is 2.19. The normalized spacial score (nSPS) is 8.81. The van der Waals surface area contributed by atoms with Crippen molar-refractivity contribution in [1.29, 1.82) is 0 Å². The molecule has 0 aliphatic heterocycles. The summed E-state index contributed by atoms with van der Waals surface area (Å²) < 4.78 is 37.4. The molecule has 0 aromatic heterocycles. The van der Waals surface area contributed by atoms with Gasteiger partial charge in [-0.1, -0.05) is 0 Å². The van der Waals surface area contributed by atoms with E-state index in [2.05, 4.69) is 9.47 Å². The van der Waals surface area contributed by atoms with Crippen LogP contribution in [0.1, 0.15) is 13.8 Å². The van der Waals surface area contributed by atoms with Crippen molar-refractivity contribution in [3.05, 3.63) is 0 Å². The van der Waals surface area contributed by atoms with E-state index in [0.29, 0.717) is 0 Å². The van der Waals surface area contributed by atoms with Crippen molar-refractivity contribution in [3.8, 4) is 0 Å². The molecule has 0 aromatic carbocycles. The molecule has 0 spiro atoms. The van der Waals surface area contributed by atoms with Gasteiger partial charge in [0, 0.05) is 49.7 Å². The Bertz CT molecular complexity index is 351. The van der Waals surface area contributed by atoms with Crippen LogP contribution in [0.3, 0.4) is 0 Å². The van der Waals surface area contributed by atoms with Gasteiger partial charge in [-0.25, -0.2) is 8.42 Å². The van der Waals surface area contributed by atoms with Gasteiger partial charge in [-0.15, -0.1) is 0 Å². The maximum Gasteiger partial charge on any atom is 0.305 e. The zero-order chi connectivity index (χ0) is 18.1. The molecule has 0 heterocycles. The Hall–Kier alpha value is -0.610. The summed E-state index contributed by atoms with van der Waals surface area (Å²) in [5.41, 5.74) is 0. The lowest BCUT2D eigenvalue weighted by atomic mass is 10.8. The van der Waals surface area contributed by atoms with E-state index in [9.17, 15) is 22.2 Å². The van der Waals surface area contributed by atoms with Crippen LogP contribution in [-0.4, -0.2) is 68.9 Å². The lowest BCUT2D eigenvalue weighted by Crippen LogP contribution is -2.07. The Morgan fingerprint density at radius 3 is 1.24 bits per heavy atom. The fourth-order valence-electron chi connectivity index (χ4n) is 0.195. The zero-order valence-electron chi connectivity index (χ0n) is 13.8. The molecule has 10 heteroatoms. The number of hydrogen-bond acceptors (Lipinski definition) is 8. The number of esters is 2. The topological polar surface area (TPSA) is 104 Å². The quantitative estimate of drug-likeness (QED) is 0.520. The number of sulfone groups is 1. The van der Waals surface area contributed by atoms with Crippen molar-refractivity contribution in [2.75, 3.05) is 44.3 Å². The van der Waals surface area contributed by atoms with E-state index >= 15 is 0 Å². The number of thioether (sulfide) groups is 1. The van der Waals surface area contributed by atoms with E-state index in [1.807, 2.05) is 12.5 Å². The summed E-state index contributed by atoms with van der Waals surface area (Å²) in [7, 11) is -3.28. The highest BCUT2D eigenvalue weighted by molar-refractivity contribution is 7.97. The van der Waals surface area contributed by atoms with E-state index < -0.39 is 32.6 Å². The summed E-state index contributed by atoms with van der Waals surface area (Å²) in [4.78, 5) is 20.0. The second-order valence-corrected chi connectivity index (χ2v) is 8.27. The van der Waals surface area contributed by atoms with Crippen molar-refractivity contribution in [2.24, 2.45) is 0 Å². The summed E-state index contributed by atoms with van der Waals surface area (Å²) in [6.07, 6.45) is 9.68. The zero-order valence-corrected chi connectivity index (χ0v) is 16.2. The average molecular weight is 367 g/mol. The van der Waals surface area contributed by atoms with Crippen LogP contribution in [0, 0.1) is 0 Å². The fraction of sp³-hybridized carbons (Fsp3) is 0.818. The second kappa shape index (κ2) is 19.4. The van der Waals surface area contributed by atoms with Gasteiger partial charge in [-0.2, -0.15) is 11.8 Å².